The van der Waals surface area contributed by atoms with Crippen LogP contribution in [0.3, 0.4) is 0 Å². The van der Waals surface area contributed by atoms with Gasteiger partial charge in [0.05, 0.1) is 12.2 Å². The molecule has 3 heteroatoms. The zero-order valence-corrected chi connectivity index (χ0v) is 13.6. The van der Waals surface area contributed by atoms with Crippen LogP contribution in [-0.2, 0) is 22.6 Å². The number of rotatable bonds is 6. The Morgan fingerprint density at radius 1 is 1.30 bits per heavy atom. The maximum absolute atomic E-state index is 12.2. The van der Waals surface area contributed by atoms with Gasteiger partial charge in [-0.15, -0.1) is 6.58 Å². The number of benzene rings is 1. The van der Waals surface area contributed by atoms with Gasteiger partial charge in [0.25, 0.3) is 0 Å². The smallest absolute Gasteiger partial charge is 0.310 e. The zero-order chi connectivity index (χ0) is 16.4. The predicted molar refractivity (Wildman–Crippen MR) is 88.7 cm³/mol. The Balaban J connectivity index is 1.54. The van der Waals surface area contributed by atoms with Crippen molar-refractivity contribution in [3.05, 3.63) is 72.2 Å². The Bertz CT molecular complexity index is 697. The first kappa shape index (κ1) is 15.6. The van der Waals surface area contributed by atoms with Gasteiger partial charge in [-0.05, 0) is 23.0 Å². The Morgan fingerprint density at radius 2 is 2.04 bits per heavy atom. The van der Waals surface area contributed by atoms with Gasteiger partial charge in [-0.2, -0.15) is 0 Å². The highest BCUT2D eigenvalue weighted by Crippen LogP contribution is 2.59. The summed E-state index contributed by atoms with van der Waals surface area (Å²) >= 11 is 0. The van der Waals surface area contributed by atoms with Crippen LogP contribution < -0.4 is 0 Å². The zero-order valence-electron chi connectivity index (χ0n) is 13.6. The van der Waals surface area contributed by atoms with Crippen LogP contribution in [0, 0.1) is 17.3 Å². The summed E-state index contributed by atoms with van der Waals surface area (Å²) in [6.45, 7) is 8.19. The summed E-state index contributed by atoms with van der Waals surface area (Å²) in [4.78, 5) is 12.2. The predicted octanol–water partition coefficient (Wildman–Crippen LogP) is 4.37. The van der Waals surface area contributed by atoms with Crippen LogP contribution in [0.1, 0.15) is 30.7 Å². The topological polar surface area (TPSA) is 39.4 Å². The number of carbonyl (C=O) groups excluding carboxylic acids is 1. The van der Waals surface area contributed by atoms with E-state index in [0.717, 1.165) is 17.7 Å². The van der Waals surface area contributed by atoms with Crippen LogP contribution in [0.25, 0.3) is 0 Å². The highest BCUT2D eigenvalue weighted by molar-refractivity contribution is 5.78. The van der Waals surface area contributed by atoms with Gasteiger partial charge in [-0.1, -0.05) is 50.3 Å². The SMILES string of the molecule is C=CC1C(C(=O)OCc2coc(Cc3ccccc3)c2)C1(C)C. The molecule has 0 amide bonds. The fourth-order valence-electron chi connectivity index (χ4n) is 3.20. The molecule has 0 saturated heterocycles. The molecule has 3 rings (SSSR count). The van der Waals surface area contributed by atoms with Crippen molar-refractivity contribution in [2.75, 3.05) is 0 Å². The minimum Gasteiger partial charge on any atom is -0.469 e. The van der Waals surface area contributed by atoms with Crippen LogP contribution >= 0.6 is 0 Å². The monoisotopic (exact) mass is 310 g/mol. The fourth-order valence-corrected chi connectivity index (χ4v) is 3.20. The normalized spacial score (nSPS) is 21.7. The van der Waals surface area contributed by atoms with Gasteiger partial charge < -0.3 is 9.15 Å². The molecule has 120 valence electrons. The van der Waals surface area contributed by atoms with Crippen LogP contribution in [0.2, 0.25) is 0 Å². The summed E-state index contributed by atoms with van der Waals surface area (Å²) in [7, 11) is 0. The van der Waals surface area contributed by atoms with E-state index in [2.05, 4.69) is 32.6 Å². The Kier molecular flexibility index (Phi) is 4.12. The van der Waals surface area contributed by atoms with Crippen LogP contribution in [0.15, 0.2) is 59.7 Å². The third-order valence-corrected chi connectivity index (χ3v) is 4.73. The highest BCUT2D eigenvalue weighted by Gasteiger charge is 2.61. The summed E-state index contributed by atoms with van der Waals surface area (Å²) in [5, 5.41) is 0. The lowest BCUT2D eigenvalue weighted by Gasteiger charge is -2.03. The van der Waals surface area contributed by atoms with Crippen molar-refractivity contribution in [2.45, 2.75) is 26.9 Å². The molecule has 0 N–H and O–H groups in total. The lowest BCUT2D eigenvalue weighted by molar-refractivity contribution is -0.147. The summed E-state index contributed by atoms with van der Waals surface area (Å²) < 4.78 is 11.0. The first-order chi connectivity index (χ1) is 11.0. The Morgan fingerprint density at radius 3 is 2.70 bits per heavy atom. The molecule has 0 aliphatic heterocycles. The van der Waals surface area contributed by atoms with E-state index in [1.54, 1.807) is 6.26 Å². The maximum Gasteiger partial charge on any atom is 0.310 e. The van der Waals surface area contributed by atoms with Gasteiger partial charge in [0.1, 0.15) is 12.4 Å². The molecule has 1 heterocycles. The minimum atomic E-state index is -0.147. The molecule has 1 aliphatic carbocycles. The van der Waals surface area contributed by atoms with Crippen molar-refractivity contribution in [3.63, 3.8) is 0 Å². The number of ether oxygens (including phenoxy) is 1. The molecule has 1 aromatic heterocycles. The standard InChI is InChI=1S/C20H22O3/c1-4-17-18(20(17,2)3)19(21)23-13-15-11-16(22-12-15)10-14-8-6-5-7-9-14/h4-9,11-12,17-18H,1,10,13H2,2-3H3. The molecule has 2 aromatic rings. The molecule has 0 bridgehead atoms. The summed E-state index contributed by atoms with van der Waals surface area (Å²) in [6, 6.07) is 12.1. The first-order valence-electron chi connectivity index (χ1n) is 7.92. The minimum absolute atomic E-state index is 0.0340. The fraction of sp³-hybridized carbons (Fsp3) is 0.350. The molecule has 23 heavy (non-hydrogen) atoms. The summed E-state index contributed by atoms with van der Waals surface area (Å²) in [6.07, 6.45) is 4.25. The Labute approximate surface area is 137 Å². The number of furan rings is 1. The molecule has 1 fully saturated rings. The number of carbonyl (C=O) groups is 1. The quantitative estimate of drug-likeness (QED) is 0.587. The average Bonchev–Trinajstić information content (AvgIpc) is 2.87. The van der Waals surface area contributed by atoms with Gasteiger partial charge in [0, 0.05) is 12.0 Å². The molecule has 2 unspecified atom stereocenters. The average molecular weight is 310 g/mol. The molecule has 0 spiro atoms. The molecule has 2 atom stereocenters. The number of allylic oxidation sites excluding steroid dienone is 1. The highest BCUT2D eigenvalue weighted by atomic mass is 16.5. The van der Waals surface area contributed by atoms with Crippen molar-refractivity contribution in [2.24, 2.45) is 17.3 Å². The second-order valence-electron chi connectivity index (χ2n) is 6.75. The molecule has 0 radical (unpaired) electrons. The van der Waals surface area contributed by atoms with Crippen LogP contribution in [0.4, 0.5) is 0 Å². The van der Waals surface area contributed by atoms with Gasteiger partial charge in [0.2, 0.25) is 0 Å². The second-order valence-corrected chi connectivity index (χ2v) is 6.75. The van der Waals surface area contributed by atoms with E-state index in [1.165, 1.54) is 5.56 Å². The largest absolute Gasteiger partial charge is 0.469 e. The van der Waals surface area contributed by atoms with E-state index < -0.39 is 0 Å². The number of hydrogen-bond donors (Lipinski definition) is 0. The van der Waals surface area contributed by atoms with E-state index in [0.29, 0.717) is 0 Å². The van der Waals surface area contributed by atoms with E-state index in [-0.39, 0.29) is 29.8 Å². The van der Waals surface area contributed by atoms with E-state index >= 15 is 0 Å². The van der Waals surface area contributed by atoms with Gasteiger partial charge in [0.15, 0.2) is 0 Å². The van der Waals surface area contributed by atoms with Crippen molar-refractivity contribution < 1.29 is 13.9 Å². The van der Waals surface area contributed by atoms with E-state index in [1.807, 2.05) is 30.3 Å². The molecule has 1 aromatic carbocycles. The van der Waals surface area contributed by atoms with Crippen LogP contribution in [0.5, 0.6) is 0 Å². The van der Waals surface area contributed by atoms with Crippen molar-refractivity contribution in [1.29, 1.82) is 0 Å². The van der Waals surface area contributed by atoms with Crippen molar-refractivity contribution in [1.82, 2.24) is 0 Å². The van der Waals surface area contributed by atoms with Crippen molar-refractivity contribution in [3.8, 4) is 0 Å². The lowest BCUT2D eigenvalue weighted by Crippen LogP contribution is -2.10. The molecule has 1 aliphatic rings. The van der Waals surface area contributed by atoms with Crippen LogP contribution in [-0.4, -0.2) is 5.97 Å². The molecular formula is C20H22O3. The second kappa shape index (κ2) is 6.07. The summed E-state index contributed by atoms with van der Waals surface area (Å²) in [5.74, 6) is 0.868. The lowest BCUT2D eigenvalue weighted by atomic mass is 10.1. The third kappa shape index (κ3) is 3.24. The van der Waals surface area contributed by atoms with E-state index in [4.69, 9.17) is 9.15 Å². The first-order valence-corrected chi connectivity index (χ1v) is 7.92. The molecular weight excluding hydrogens is 288 g/mol. The Hall–Kier alpha value is -2.29. The van der Waals surface area contributed by atoms with E-state index in [9.17, 15) is 4.79 Å². The van der Waals surface area contributed by atoms with Crippen molar-refractivity contribution >= 4 is 5.97 Å². The third-order valence-electron chi connectivity index (χ3n) is 4.73. The van der Waals surface area contributed by atoms with Gasteiger partial charge in [-0.3, -0.25) is 4.79 Å². The maximum atomic E-state index is 12.2. The van der Waals surface area contributed by atoms with Gasteiger partial charge in [-0.25, -0.2) is 0 Å². The number of hydrogen-bond acceptors (Lipinski definition) is 3. The molecule has 3 nitrogen and oxygen atoms in total. The summed E-state index contributed by atoms with van der Waals surface area (Å²) in [5.41, 5.74) is 2.05. The molecule has 1 saturated carbocycles. The van der Waals surface area contributed by atoms with Gasteiger partial charge >= 0.3 is 5.97 Å². The number of esters is 1.